The van der Waals surface area contributed by atoms with Crippen LogP contribution in [0.2, 0.25) is 0 Å². The van der Waals surface area contributed by atoms with Crippen molar-refractivity contribution in [3.8, 4) is 5.75 Å². The summed E-state index contributed by atoms with van der Waals surface area (Å²) < 4.78 is 28.7. The molecule has 1 nitrogen and oxygen atoms in total. The van der Waals surface area contributed by atoms with E-state index in [2.05, 4.69) is 33.3 Å². The minimum Gasteiger partial charge on any atom is -0.434 e. The van der Waals surface area contributed by atoms with E-state index >= 15 is 0 Å². The normalized spacial score (nSPS) is 10.2. The van der Waals surface area contributed by atoms with Crippen molar-refractivity contribution in [1.82, 2.24) is 0 Å². The van der Waals surface area contributed by atoms with E-state index in [-0.39, 0.29) is 5.75 Å². The summed E-state index contributed by atoms with van der Waals surface area (Å²) in [7, 11) is 0. The summed E-state index contributed by atoms with van der Waals surface area (Å²) in [6, 6.07) is 4.65. The lowest BCUT2D eigenvalue weighted by Crippen LogP contribution is -2.03. The van der Waals surface area contributed by atoms with Crippen LogP contribution in [0.1, 0.15) is 5.56 Å². The van der Waals surface area contributed by atoms with Crippen LogP contribution in [0.15, 0.2) is 29.3 Å². The Hall–Kier alpha value is -0.900. The minimum atomic E-state index is -2.83. The number of halogens is 3. The first-order valence-corrected chi connectivity index (χ1v) is 4.20. The van der Waals surface area contributed by atoms with E-state index in [4.69, 9.17) is 0 Å². The van der Waals surface area contributed by atoms with Gasteiger partial charge in [-0.3, -0.25) is 0 Å². The number of alkyl halides is 2. The van der Waals surface area contributed by atoms with Crippen molar-refractivity contribution in [3.05, 3.63) is 40.9 Å². The molecule has 1 aromatic carbocycles. The first-order valence-electron chi connectivity index (χ1n) is 3.41. The molecule has 0 saturated carbocycles. The fourth-order valence-corrected chi connectivity index (χ4v) is 1.20. The smallest absolute Gasteiger partial charge is 0.387 e. The van der Waals surface area contributed by atoms with Crippen LogP contribution >= 0.6 is 15.9 Å². The Morgan fingerprint density at radius 3 is 2.69 bits per heavy atom. The predicted molar refractivity (Wildman–Crippen MR) is 48.7 cm³/mol. The fourth-order valence-electron chi connectivity index (χ4n) is 0.839. The molecular weight excluding hydrogens is 242 g/mol. The Labute approximate surface area is 83.1 Å². The number of hydrogen-bond donors (Lipinski definition) is 0. The van der Waals surface area contributed by atoms with Crippen LogP contribution in [-0.4, -0.2) is 6.61 Å². The molecule has 0 saturated heterocycles. The molecule has 0 amide bonds. The maximum atomic E-state index is 11.9. The summed E-state index contributed by atoms with van der Waals surface area (Å²) in [5, 5.41) is 0. The predicted octanol–water partition coefficient (Wildman–Crippen LogP) is 3.39. The van der Waals surface area contributed by atoms with Crippen molar-refractivity contribution in [1.29, 1.82) is 0 Å². The van der Waals surface area contributed by atoms with Gasteiger partial charge in [0.15, 0.2) is 0 Å². The second kappa shape index (κ2) is 4.37. The van der Waals surface area contributed by atoms with E-state index in [0.29, 0.717) is 5.56 Å². The molecule has 0 bridgehead atoms. The Balaban J connectivity index is 2.99. The molecule has 69 valence electrons. The topological polar surface area (TPSA) is 9.23 Å². The van der Waals surface area contributed by atoms with Crippen molar-refractivity contribution in [2.24, 2.45) is 0 Å². The van der Waals surface area contributed by atoms with Crippen molar-refractivity contribution in [2.75, 3.05) is 0 Å². The Morgan fingerprint density at radius 1 is 1.46 bits per heavy atom. The molecule has 0 heterocycles. The van der Waals surface area contributed by atoms with E-state index in [1.807, 2.05) is 0 Å². The zero-order chi connectivity index (χ0) is 9.84. The highest BCUT2D eigenvalue weighted by Crippen LogP contribution is 2.24. The summed E-state index contributed by atoms with van der Waals surface area (Å²) >= 11 is 3.19. The van der Waals surface area contributed by atoms with E-state index < -0.39 is 6.61 Å². The molecule has 0 aromatic heterocycles. The molecule has 1 rings (SSSR count). The minimum absolute atomic E-state index is 0.0770. The summed E-state index contributed by atoms with van der Waals surface area (Å²) in [5.74, 6) is 0.0770. The lowest BCUT2D eigenvalue weighted by Gasteiger charge is -2.07. The van der Waals surface area contributed by atoms with Gasteiger partial charge in [-0.25, -0.2) is 0 Å². The Bertz CT molecular complexity index is 312. The molecule has 0 aliphatic rings. The lowest BCUT2D eigenvalue weighted by molar-refractivity contribution is -0.0501. The molecular formula is C9H6BrF2O. The average Bonchev–Trinajstić information content (AvgIpc) is 2.07. The van der Waals surface area contributed by atoms with E-state index in [9.17, 15) is 8.78 Å². The van der Waals surface area contributed by atoms with E-state index in [1.54, 1.807) is 12.1 Å². The zero-order valence-electron chi connectivity index (χ0n) is 6.56. The first kappa shape index (κ1) is 10.2. The first-order chi connectivity index (χ1) is 6.13. The number of ether oxygens (including phenoxy) is 1. The molecule has 0 fully saturated rings. The van der Waals surface area contributed by atoms with E-state index in [0.717, 1.165) is 4.47 Å². The maximum absolute atomic E-state index is 11.9. The van der Waals surface area contributed by atoms with Gasteiger partial charge in [0.1, 0.15) is 5.75 Å². The molecule has 0 aliphatic heterocycles. The quantitative estimate of drug-likeness (QED) is 0.796. The molecule has 0 N–H and O–H groups in total. The number of hydrogen-bond acceptors (Lipinski definition) is 1. The summed E-state index contributed by atoms with van der Waals surface area (Å²) in [5.41, 5.74) is 0.412. The van der Waals surface area contributed by atoms with Crippen molar-refractivity contribution >= 4 is 15.9 Å². The van der Waals surface area contributed by atoms with Crippen molar-refractivity contribution in [3.63, 3.8) is 0 Å². The molecule has 0 aliphatic carbocycles. The van der Waals surface area contributed by atoms with Gasteiger partial charge in [0.05, 0.1) is 0 Å². The Morgan fingerprint density at radius 2 is 2.15 bits per heavy atom. The largest absolute Gasteiger partial charge is 0.434 e. The molecule has 0 atom stereocenters. The number of benzene rings is 1. The van der Waals surface area contributed by atoms with Crippen LogP contribution in [0.4, 0.5) is 8.78 Å². The van der Waals surface area contributed by atoms with Gasteiger partial charge < -0.3 is 4.74 Å². The lowest BCUT2D eigenvalue weighted by atomic mass is 10.2. The maximum Gasteiger partial charge on any atom is 0.387 e. The third kappa shape index (κ3) is 2.81. The summed E-state index contributed by atoms with van der Waals surface area (Å²) in [6.45, 7) is 0.544. The van der Waals surface area contributed by atoms with Gasteiger partial charge in [0.25, 0.3) is 0 Å². The van der Waals surface area contributed by atoms with Gasteiger partial charge in [0, 0.05) is 10.0 Å². The highest BCUT2D eigenvalue weighted by Gasteiger charge is 2.07. The van der Waals surface area contributed by atoms with Crippen LogP contribution < -0.4 is 4.74 Å². The van der Waals surface area contributed by atoms with Crippen LogP contribution in [-0.2, 0) is 0 Å². The third-order valence-corrected chi connectivity index (χ3v) is 1.84. The molecule has 4 heteroatoms. The Kier molecular flexibility index (Phi) is 3.42. The second-order valence-corrected chi connectivity index (χ2v) is 3.11. The van der Waals surface area contributed by atoms with Crippen LogP contribution in [0.3, 0.4) is 0 Å². The van der Waals surface area contributed by atoms with Crippen LogP contribution in [0.25, 0.3) is 0 Å². The molecule has 13 heavy (non-hydrogen) atoms. The molecule has 0 spiro atoms. The SMILES string of the molecule is C=[C]c1cc(Br)ccc1OC(F)F. The van der Waals surface area contributed by atoms with Gasteiger partial charge in [-0.2, -0.15) is 8.78 Å². The third-order valence-electron chi connectivity index (χ3n) is 1.35. The van der Waals surface area contributed by atoms with Gasteiger partial charge >= 0.3 is 6.61 Å². The summed E-state index contributed by atoms with van der Waals surface area (Å²) in [4.78, 5) is 0. The standard InChI is InChI=1S/C9H6BrF2O/c1-2-6-5-7(10)3-4-8(6)13-9(11)12/h3-5,9H,1H2. The van der Waals surface area contributed by atoms with Crippen molar-refractivity contribution < 1.29 is 13.5 Å². The molecule has 0 unspecified atom stereocenters. The highest BCUT2D eigenvalue weighted by molar-refractivity contribution is 9.10. The zero-order valence-corrected chi connectivity index (χ0v) is 8.14. The highest BCUT2D eigenvalue weighted by atomic mass is 79.9. The molecule has 1 radical (unpaired) electrons. The molecule has 1 aromatic rings. The second-order valence-electron chi connectivity index (χ2n) is 2.20. The van der Waals surface area contributed by atoms with Gasteiger partial charge in [-0.15, -0.1) is 0 Å². The number of rotatable bonds is 3. The van der Waals surface area contributed by atoms with Gasteiger partial charge in [-0.05, 0) is 24.3 Å². The van der Waals surface area contributed by atoms with Crippen LogP contribution in [0.5, 0.6) is 5.75 Å². The van der Waals surface area contributed by atoms with Gasteiger partial charge in [0.2, 0.25) is 0 Å². The summed E-state index contributed by atoms with van der Waals surface area (Å²) in [6.07, 6.45) is 2.50. The average molecular weight is 248 g/mol. The van der Waals surface area contributed by atoms with E-state index in [1.165, 1.54) is 6.07 Å². The monoisotopic (exact) mass is 247 g/mol. The van der Waals surface area contributed by atoms with Crippen molar-refractivity contribution in [2.45, 2.75) is 6.61 Å². The fraction of sp³-hybridized carbons (Fsp3) is 0.111. The van der Waals surface area contributed by atoms with Gasteiger partial charge in [-0.1, -0.05) is 22.5 Å². The van der Waals surface area contributed by atoms with Crippen LogP contribution in [0, 0.1) is 6.08 Å².